The highest BCUT2D eigenvalue weighted by molar-refractivity contribution is 5.92. The van der Waals surface area contributed by atoms with E-state index in [0.717, 1.165) is 68.8 Å². The third-order valence-electron chi connectivity index (χ3n) is 9.28. The minimum Gasteiger partial charge on any atom is -0.461 e. The molecule has 6 heterocycles. The number of ether oxygens (including phenoxy) is 1. The lowest BCUT2D eigenvalue weighted by molar-refractivity contribution is 0.108. The summed E-state index contributed by atoms with van der Waals surface area (Å²) in [6.45, 7) is 8.76. The van der Waals surface area contributed by atoms with Gasteiger partial charge in [0, 0.05) is 36.9 Å². The molecule has 4 aliphatic rings. The number of hydrogen-bond donors (Lipinski definition) is 1. The van der Waals surface area contributed by atoms with Crippen molar-refractivity contribution >= 4 is 16.7 Å². The summed E-state index contributed by atoms with van der Waals surface area (Å²) >= 11 is 0. The second-order valence-corrected chi connectivity index (χ2v) is 12.0. The average molecular weight is 517 g/mol. The first-order valence-corrected chi connectivity index (χ1v) is 14.4. The van der Waals surface area contributed by atoms with Gasteiger partial charge in [-0.3, -0.25) is 9.88 Å². The maximum absolute atomic E-state index is 16.4. The van der Waals surface area contributed by atoms with Gasteiger partial charge in [0.25, 0.3) is 0 Å². The molecule has 0 radical (unpaired) electrons. The van der Waals surface area contributed by atoms with E-state index in [-0.39, 0.29) is 17.5 Å². The van der Waals surface area contributed by atoms with Crippen molar-refractivity contribution in [3.8, 4) is 17.3 Å². The number of nitrogens with zero attached hydrogens (tertiary/aromatic N) is 5. The highest BCUT2D eigenvalue weighted by Crippen LogP contribution is 2.40. The Hall–Kier alpha value is -2.84. The molecule has 200 valence electrons. The molecule has 0 amide bonds. The van der Waals surface area contributed by atoms with Gasteiger partial charge < -0.3 is 15.0 Å². The molecule has 8 heteroatoms. The van der Waals surface area contributed by atoms with E-state index in [0.29, 0.717) is 35.3 Å². The van der Waals surface area contributed by atoms with Crippen molar-refractivity contribution in [1.29, 1.82) is 0 Å². The van der Waals surface area contributed by atoms with Crippen LogP contribution in [0.4, 0.5) is 10.2 Å². The number of nitrogens with one attached hydrogen (secondary N) is 1. The molecular formula is C30H37FN6O. The summed E-state index contributed by atoms with van der Waals surface area (Å²) in [6.07, 6.45) is 8.78. The van der Waals surface area contributed by atoms with E-state index in [1.165, 1.54) is 12.8 Å². The van der Waals surface area contributed by atoms with Gasteiger partial charge in [0.2, 0.25) is 0 Å². The number of anilines is 1. The van der Waals surface area contributed by atoms with Crippen molar-refractivity contribution in [3.63, 3.8) is 0 Å². The second kappa shape index (κ2) is 9.42. The van der Waals surface area contributed by atoms with Gasteiger partial charge in [-0.2, -0.15) is 9.97 Å². The van der Waals surface area contributed by atoms with Crippen LogP contribution < -0.4 is 15.0 Å². The predicted octanol–water partition coefficient (Wildman–Crippen LogP) is 4.90. The maximum Gasteiger partial charge on any atom is 0.319 e. The van der Waals surface area contributed by atoms with Crippen LogP contribution in [0.2, 0.25) is 0 Å². The summed E-state index contributed by atoms with van der Waals surface area (Å²) in [6, 6.07) is 9.09. The Kier molecular flexibility index (Phi) is 6.00. The molecule has 2 atom stereocenters. The molecule has 0 spiro atoms. The Labute approximate surface area is 223 Å². The highest BCUT2D eigenvalue weighted by atomic mass is 19.1. The molecule has 7 nitrogen and oxygen atoms in total. The highest BCUT2D eigenvalue weighted by Gasteiger charge is 2.45. The second-order valence-electron chi connectivity index (χ2n) is 12.0. The first kappa shape index (κ1) is 24.2. The normalized spacial score (nSPS) is 24.5. The van der Waals surface area contributed by atoms with E-state index in [1.54, 1.807) is 6.20 Å². The molecule has 0 unspecified atom stereocenters. The van der Waals surface area contributed by atoms with Gasteiger partial charge >= 0.3 is 6.01 Å². The summed E-state index contributed by atoms with van der Waals surface area (Å²) in [5, 5.41) is 4.34. The third-order valence-corrected chi connectivity index (χ3v) is 9.28. The molecule has 0 saturated carbocycles. The van der Waals surface area contributed by atoms with E-state index in [4.69, 9.17) is 14.7 Å². The zero-order chi connectivity index (χ0) is 25.9. The Balaban J connectivity index is 1.32. The number of halogens is 1. The number of aromatic nitrogens is 3. The van der Waals surface area contributed by atoms with Crippen LogP contribution in [0, 0.1) is 5.82 Å². The Bertz CT molecular complexity index is 1340. The Morgan fingerprint density at radius 1 is 1.08 bits per heavy atom. The zero-order valence-corrected chi connectivity index (χ0v) is 22.4. The number of fused-ring (bicyclic) bond motifs is 4. The van der Waals surface area contributed by atoms with Crippen molar-refractivity contribution in [3.05, 3.63) is 41.8 Å². The number of benzene rings is 1. The van der Waals surface area contributed by atoms with Crippen molar-refractivity contribution < 1.29 is 9.13 Å². The largest absolute Gasteiger partial charge is 0.461 e. The molecule has 4 aliphatic heterocycles. The minimum atomic E-state index is -0.399. The monoisotopic (exact) mass is 516 g/mol. The molecule has 1 N–H and O–H groups in total. The number of rotatable bonds is 6. The lowest BCUT2D eigenvalue weighted by Gasteiger charge is -2.34. The quantitative estimate of drug-likeness (QED) is 0.500. The summed E-state index contributed by atoms with van der Waals surface area (Å²) in [7, 11) is 0. The van der Waals surface area contributed by atoms with E-state index < -0.39 is 5.82 Å². The van der Waals surface area contributed by atoms with Crippen LogP contribution in [-0.2, 0) is 0 Å². The SMILES string of the molecule is CC(C)c1ccccc1-c1ncc2c(N3C[C@H]4CC[C@@H](C3)N4)nc(OCC34CCCN3CCC4)nc2c1F. The van der Waals surface area contributed by atoms with E-state index in [9.17, 15) is 0 Å². The molecule has 1 aromatic carbocycles. The molecule has 38 heavy (non-hydrogen) atoms. The molecule has 3 aromatic rings. The lowest BCUT2D eigenvalue weighted by Crippen LogP contribution is -2.51. The van der Waals surface area contributed by atoms with E-state index >= 15 is 4.39 Å². The fourth-order valence-corrected chi connectivity index (χ4v) is 7.36. The summed E-state index contributed by atoms with van der Waals surface area (Å²) in [5.41, 5.74) is 2.60. The van der Waals surface area contributed by atoms with Crippen LogP contribution in [0.25, 0.3) is 22.2 Å². The minimum absolute atomic E-state index is 0.0742. The van der Waals surface area contributed by atoms with Gasteiger partial charge in [-0.1, -0.05) is 38.1 Å². The van der Waals surface area contributed by atoms with Gasteiger partial charge in [-0.05, 0) is 63.1 Å². The van der Waals surface area contributed by atoms with Gasteiger partial charge in [0.05, 0.1) is 10.9 Å². The van der Waals surface area contributed by atoms with Crippen LogP contribution in [0.15, 0.2) is 30.5 Å². The summed E-state index contributed by atoms with van der Waals surface area (Å²) < 4.78 is 22.8. The first-order valence-electron chi connectivity index (χ1n) is 14.4. The Morgan fingerprint density at radius 2 is 1.82 bits per heavy atom. The fraction of sp³-hybridized carbons (Fsp3) is 0.567. The molecule has 7 rings (SSSR count). The predicted molar refractivity (Wildman–Crippen MR) is 147 cm³/mol. The molecule has 2 bridgehead atoms. The van der Waals surface area contributed by atoms with E-state index in [2.05, 4.69) is 40.0 Å². The van der Waals surface area contributed by atoms with Crippen molar-refractivity contribution in [2.45, 2.75) is 75.9 Å². The molecule has 4 fully saturated rings. The fourth-order valence-electron chi connectivity index (χ4n) is 7.36. The zero-order valence-electron chi connectivity index (χ0n) is 22.4. The number of piperazine rings is 1. The van der Waals surface area contributed by atoms with Crippen LogP contribution >= 0.6 is 0 Å². The van der Waals surface area contributed by atoms with Crippen LogP contribution in [0.1, 0.15) is 63.9 Å². The molecule has 0 aliphatic carbocycles. The van der Waals surface area contributed by atoms with Crippen LogP contribution in [0.5, 0.6) is 6.01 Å². The summed E-state index contributed by atoms with van der Waals surface area (Å²) in [4.78, 5) is 19.1. The topological polar surface area (TPSA) is 66.4 Å². The number of pyridine rings is 1. The van der Waals surface area contributed by atoms with Crippen LogP contribution in [0.3, 0.4) is 0 Å². The Morgan fingerprint density at radius 3 is 2.55 bits per heavy atom. The van der Waals surface area contributed by atoms with Crippen molar-refractivity contribution in [2.75, 3.05) is 37.7 Å². The smallest absolute Gasteiger partial charge is 0.319 e. The molecule has 2 aromatic heterocycles. The van der Waals surface area contributed by atoms with E-state index in [1.807, 2.05) is 18.2 Å². The first-order chi connectivity index (χ1) is 18.5. The van der Waals surface area contributed by atoms with Gasteiger partial charge in [0.15, 0.2) is 5.82 Å². The maximum atomic E-state index is 16.4. The van der Waals surface area contributed by atoms with Crippen molar-refractivity contribution in [1.82, 2.24) is 25.2 Å². The van der Waals surface area contributed by atoms with Gasteiger partial charge in [0.1, 0.15) is 23.6 Å². The van der Waals surface area contributed by atoms with Gasteiger partial charge in [-0.25, -0.2) is 4.39 Å². The van der Waals surface area contributed by atoms with Gasteiger partial charge in [-0.15, -0.1) is 0 Å². The number of hydrogen-bond acceptors (Lipinski definition) is 7. The summed E-state index contributed by atoms with van der Waals surface area (Å²) in [5.74, 6) is 0.591. The van der Waals surface area contributed by atoms with Crippen LogP contribution in [-0.4, -0.2) is 70.3 Å². The lowest BCUT2D eigenvalue weighted by atomic mass is 9.94. The average Bonchev–Trinajstić information content (AvgIpc) is 3.61. The standard InChI is InChI=1S/C30H37FN6O/c1-19(2)22-7-3-4-8-23(22)26-25(31)27-24(15-32-26)28(36-16-20-9-10-21(17-36)33-20)35-29(34-27)38-18-30-11-5-13-37(30)14-6-12-30/h3-4,7-8,15,19-21,33H,5-6,9-14,16-18H2,1-2H3/t20-,21+. The third kappa shape index (κ3) is 4.04. The molecule has 4 saturated heterocycles. The van der Waals surface area contributed by atoms with Crippen molar-refractivity contribution in [2.24, 2.45) is 0 Å². The molecular weight excluding hydrogens is 479 g/mol.